The summed E-state index contributed by atoms with van der Waals surface area (Å²) < 4.78 is 0. The normalized spacial score (nSPS) is 17.8. The highest BCUT2D eigenvalue weighted by Gasteiger charge is 2.17. The first-order valence-electron chi connectivity index (χ1n) is 11.5. The van der Waals surface area contributed by atoms with Gasteiger partial charge in [0, 0.05) is 63.6 Å². The van der Waals surface area contributed by atoms with Crippen LogP contribution in [0.4, 0.5) is 11.4 Å². The van der Waals surface area contributed by atoms with Crippen molar-refractivity contribution in [3.8, 4) is 0 Å². The fraction of sp³-hybridized carbons (Fsp3) is 0.440. The molecule has 0 spiro atoms. The van der Waals surface area contributed by atoms with Crippen LogP contribution < -0.4 is 15.2 Å². The first-order chi connectivity index (χ1) is 15.3. The van der Waals surface area contributed by atoms with Gasteiger partial charge in [-0.05, 0) is 49.1 Å². The van der Waals surface area contributed by atoms with Crippen molar-refractivity contribution in [2.24, 2.45) is 5.10 Å². The third-order valence-corrected chi connectivity index (χ3v) is 6.17. The summed E-state index contributed by atoms with van der Waals surface area (Å²) in [6, 6.07) is 18.9. The topological polar surface area (TPSA) is 51.2 Å². The third kappa shape index (κ3) is 6.31. The molecule has 2 heterocycles. The van der Waals surface area contributed by atoms with Crippen molar-refractivity contribution in [2.75, 3.05) is 55.6 Å². The van der Waals surface area contributed by atoms with Gasteiger partial charge in [-0.1, -0.05) is 30.3 Å². The lowest BCUT2D eigenvalue weighted by atomic mass is 10.1. The van der Waals surface area contributed by atoms with Crippen molar-refractivity contribution >= 4 is 23.5 Å². The van der Waals surface area contributed by atoms with E-state index in [9.17, 15) is 4.79 Å². The molecule has 164 valence electrons. The maximum absolute atomic E-state index is 12.2. The number of hydrogen-bond acceptors (Lipinski definition) is 5. The lowest BCUT2D eigenvalue weighted by molar-refractivity contribution is -0.121. The summed E-state index contributed by atoms with van der Waals surface area (Å²) in [7, 11) is 0. The van der Waals surface area contributed by atoms with Gasteiger partial charge in [-0.25, -0.2) is 5.43 Å². The Morgan fingerprint density at radius 3 is 2.16 bits per heavy atom. The van der Waals surface area contributed by atoms with E-state index in [1.165, 1.54) is 30.6 Å². The van der Waals surface area contributed by atoms with Crippen molar-refractivity contribution in [1.82, 2.24) is 10.3 Å². The van der Waals surface area contributed by atoms with E-state index in [0.717, 1.165) is 51.4 Å². The highest BCUT2D eigenvalue weighted by molar-refractivity contribution is 5.83. The van der Waals surface area contributed by atoms with Gasteiger partial charge in [-0.3, -0.25) is 9.69 Å². The molecule has 0 atom stereocenters. The van der Waals surface area contributed by atoms with E-state index >= 15 is 0 Å². The largest absolute Gasteiger partial charge is 0.372 e. The average Bonchev–Trinajstić information content (AvgIpc) is 2.85. The molecular weight excluding hydrogens is 386 g/mol. The Bertz CT molecular complexity index is 838. The van der Waals surface area contributed by atoms with Gasteiger partial charge >= 0.3 is 0 Å². The first kappa shape index (κ1) is 21.4. The fourth-order valence-electron chi connectivity index (χ4n) is 4.29. The average molecular weight is 420 g/mol. The molecule has 0 radical (unpaired) electrons. The Morgan fingerprint density at radius 2 is 1.45 bits per heavy atom. The van der Waals surface area contributed by atoms with Crippen molar-refractivity contribution in [2.45, 2.75) is 25.7 Å². The maximum Gasteiger partial charge on any atom is 0.241 e. The van der Waals surface area contributed by atoms with E-state index in [1.807, 2.05) is 6.07 Å². The monoisotopic (exact) mass is 419 g/mol. The molecule has 2 aromatic carbocycles. The summed E-state index contributed by atoms with van der Waals surface area (Å²) in [5.74, 6) is -0.0355. The zero-order valence-corrected chi connectivity index (χ0v) is 18.2. The second-order valence-electron chi connectivity index (χ2n) is 8.35. The SMILES string of the molecule is O=C(CCN1CCN(c2ccccc2)CC1)N/N=C\c1ccc(N2CCCCC2)cc1. The number of rotatable bonds is 7. The van der Waals surface area contributed by atoms with Crippen molar-refractivity contribution in [3.63, 3.8) is 0 Å². The zero-order valence-electron chi connectivity index (χ0n) is 18.2. The van der Waals surface area contributed by atoms with Crippen LogP contribution >= 0.6 is 0 Å². The second-order valence-corrected chi connectivity index (χ2v) is 8.35. The molecule has 0 saturated carbocycles. The number of benzene rings is 2. The highest BCUT2D eigenvalue weighted by Crippen LogP contribution is 2.20. The van der Waals surface area contributed by atoms with Crippen LogP contribution in [-0.2, 0) is 4.79 Å². The van der Waals surface area contributed by atoms with Gasteiger partial charge < -0.3 is 9.80 Å². The number of carbonyl (C=O) groups is 1. The Hall–Kier alpha value is -2.86. The number of piperidine rings is 1. The van der Waals surface area contributed by atoms with Crippen LogP contribution in [-0.4, -0.2) is 62.8 Å². The number of amides is 1. The number of nitrogens with zero attached hydrogens (tertiary/aromatic N) is 4. The molecule has 1 amide bonds. The van der Waals surface area contributed by atoms with E-state index in [-0.39, 0.29) is 5.91 Å². The summed E-state index contributed by atoms with van der Waals surface area (Å²) in [5, 5.41) is 4.13. The van der Waals surface area contributed by atoms with Gasteiger partial charge in [-0.15, -0.1) is 0 Å². The minimum Gasteiger partial charge on any atom is -0.372 e. The molecule has 31 heavy (non-hydrogen) atoms. The van der Waals surface area contributed by atoms with Gasteiger partial charge in [0.25, 0.3) is 0 Å². The third-order valence-electron chi connectivity index (χ3n) is 6.17. The molecule has 2 fully saturated rings. The van der Waals surface area contributed by atoms with Crippen molar-refractivity contribution < 1.29 is 4.79 Å². The summed E-state index contributed by atoms with van der Waals surface area (Å²) >= 11 is 0. The number of para-hydroxylation sites is 1. The van der Waals surface area contributed by atoms with Gasteiger partial charge in [-0.2, -0.15) is 5.10 Å². The van der Waals surface area contributed by atoms with Crippen LogP contribution in [0.1, 0.15) is 31.2 Å². The highest BCUT2D eigenvalue weighted by atomic mass is 16.2. The number of nitrogens with one attached hydrogen (secondary N) is 1. The number of piperazine rings is 1. The van der Waals surface area contributed by atoms with E-state index in [0.29, 0.717) is 6.42 Å². The van der Waals surface area contributed by atoms with Crippen LogP contribution in [0.5, 0.6) is 0 Å². The van der Waals surface area contributed by atoms with E-state index in [4.69, 9.17) is 0 Å². The van der Waals surface area contributed by atoms with Crippen molar-refractivity contribution in [1.29, 1.82) is 0 Å². The van der Waals surface area contributed by atoms with Crippen LogP contribution in [0.3, 0.4) is 0 Å². The predicted molar refractivity (Wildman–Crippen MR) is 128 cm³/mol. The van der Waals surface area contributed by atoms with Crippen LogP contribution in [0.15, 0.2) is 59.7 Å². The number of anilines is 2. The Morgan fingerprint density at radius 1 is 0.806 bits per heavy atom. The molecule has 2 aliphatic heterocycles. The molecule has 0 aromatic heterocycles. The quantitative estimate of drug-likeness (QED) is 0.552. The lowest BCUT2D eigenvalue weighted by Crippen LogP contribution is -2.47. The Kier molecular flexibility index (Phi) is 7.56. The molecule has 1 N–H and O–H groups in total. The van der Waals surface area contributed by atoms with Gasteiger partial charge in [0.15, 0.2) is 0 Å². The molecule has 0 aliphatic carbocycles. The molecule has 2 aliphatic rings. The molecule has 6 heteroatoms. The Balaban J connectivity index is 1.15. The predicted octanol–water partition coefficient (Wildman–Crippen LogP) is 3.34. The molecule has 2 aromatic rings. The Labute approximate surface area is 185 Å². The summed E-state index contributed by atoms with van der Waals surface area (Å²) in [4.78, 5) is 19.3. The van der Waals surface area contributed by atoms with Gasteiger partial charge in [0.1, 0.15) is 0 Å². The number of hydrogen-bond donors (Lipinski definition) is 1. The van der Waals surface area contributed by atoms with Gasteiger partial charge in [0.2, 0.25) is 5.91 Å². The zero-order chi connectivity index (χ0) is 21.3. The van der Waals surface area contributed by atoms with Crippen LogP contribution in [0.2, 0.25) is 0 Å². The minimum absolute atomic E-state index is 0.0355. The van der Waals surface area contributed by atoms with E-state index in [1.54, 1.807) is 6.21 Å². The molecular formula is C25H33N5O. The molecule has 6 nitrogen and oxygen atoms in total. The number of hydrazone groups is 1. The molecule has 4 rings (SSSR count). The second kappa shape index (κ2) is 11.0. The van der Waals surface area contributed by atoms with E-state index < -0.39 is 0 Å². The standard InChI is InChI=1S/C25H33N5O/c31-25(13-16-28-17-19-30(20-18-28)23-7-3-1-4-8-23)27-26-21-22-9-11-24(12-10-22)29-14-5-2-6-15-29/h1,3-4,7-12,21H,2,5-6,13-20H2,(H,27,31)/b26-21-. The first-order valence-corrected chi connectivity index (χ1v) is 11.5. The number of carbonyl (C=O) groups excluding carboxylic acids is 1. The van der Waals surface area contributed by atoms with E-state index in [2.05, 4.69) is 73.8 Å². The summed E-state index contributed by atoms with van der Waals surface area (Å²) in [5.41, 5.74) is 6.21. The smallest absolute Gasteiger partial charge is 0.241 e. The summed E-state index contributed by atoms with van der Waals surface area (Å²) in [6.07, 6.45) is 6.08. The lowest BCUT2D eigenvalue weighted by Gasteiger charge is -2.36. The molecule has 0 unspecified atom stereocenters. The molecule has 0 bridgehead atoms. The van der Waals surface area contributed by atoms with Crippen molar-refractivity contribution in [3.05, 3.63) is 60.2 Å². The molecule has 2 saturated heterocycles. The fourth-order valence-corrected chi connectivity index (χ4v) is 4.29. The summed E-state index contributed by atoms with van der Waals surface area (Å²) in [6.45, 7) is 7.02. The minimum atomic E-state index is -0.0355. The maximum atomic E-state index is 12.2. The van der Waals surface area contributed by atoms with Crippen LogP contribution in [0.25, 0.3) is 0 Å². The van der Waals surface area contributed by atoms with Gasteiger partial charge in [0.05, 0.1) is 6.21 Å². The van der Waals surface area contributed by atoms with Crippen LogP contribution in [0, 0.1) is 0 Å².